The van der Waals surface area contributed by atoms with Crippen LogP contribution in [0, 0.1) is 11.3 Å². The predicted octanol–water partition coefficient (Wildman–Crippen LogP) is 2.16. The van der Waals surface area contributed by atoms with Crippen molar-refractivity contribution >= 4 is 11.9 Å². The number of piperidine rings is 1. The van der Waals surface area contributed by atoms with Gasteiger partial charge in [0.15, 0.2) is 0 Å². The standard InChI is InChI=1S/C16H30N2O3/c1-16(2,8-5-15(20)21)9-12-18-14(19)4-3-13-6-10-17-11-7-13/h13,17H,3-12H2,1-2H3,(H,18,19)(H,20,21). The fourth-order valence-corrected chi connectivity index (χ4v) is 2.70. The minimum Gasteiger partial charge on any atom is -0.481 e. The summed E-state index contributed by atoms with van der Waals surface area (Å²) in [7, 11) is 0. The van der Waals surface area contributed by atoms with E-state index in [-0.39, 0.29) is 17.7 Å². The average Bonchev–Trinajstić information content (AvgIpc) is 2.44. The molecule has 0 bridgehead atoms. The molecule has 0 saturated carbocycles. The Morgan fingerprint density at radius 1 is 1.19 bits per heavy atom. The van der Waals surface area contributed by atoms with E-state index < -0.39 is 5.97 Å². The Morgan fingerprint density at radius 2 is 1.86 bits per heavy atom. The summed E-state index contributed by atoms with van der Waals surface area (Å²) in [5.74, 6) is 0.0562. The van der Waals surface area contributed by atoms with Gasteiger partial charge in [0.25, 0.3) is 0 Å². The Hall–Kier alpha value is -1.10. The molecular weight excluding hydrogens is 268 g/mol. The van der Waals surface area contributed by atoms with Crippen molar-refractivity contribution in [3.05, 3.63) is 0 Å². The Labute approximate surface area is 127 Å². The normalized spacial score (nSPS) is 16.7. The van der Waals surface area contributed by atoms with Crippen molar-refractivity contribution in [1.82, 2.24) is 10.6 Å². The summed E-state index contributed by atoms with van der Waals surface area (Å²) in [6.45, 7) is 6.89. The van der Waals surface area contributed by atoms with Crippen molar-refractivity contribution < 1.29 is 14.7 Å². The number of carboxylic acids is 1. The van der Waals surface area contributed by atoms with E-state index in [0.29, 0.717) is 25.3 Å². The van der Waals surface area contributed by atoms with Gasteiger partial charge < -0.3 is 15.7 Å². The van der Waals surface area contributed by atoms with Crippen LogP contribution in [0.3, 0.4) is 0 Å². The summed E-state index contributed by atoms with van der Waals surface area (Å²) in [4.78, 5) is 22.4. The first kappa shape index (κ1) is 18.0. The van der Waals surface area contributed by atoms with Crippen molar-refractivity contribution in [1.29, 1.82) is 0 Å². The van der Waals surface area contributed by atoms with Crippen molar-refractivity contribution in [2.24, 2.45) is 11.3 Å². The molecule has 0 aromatic rings. The van der Waals surface area contributed by atoms with Gasteiger partial charge in [0.1, 0.15) is 0 Å². The first-order valence-corrected chi connectivity index (χ1v) is 8.08. The van der Waals surface area contributed by atoms with Gasteiger partial charge >= 0.3 is 5.97 Å². The maximum Gasteiger partial charge on any atom is 0.303 e. The number of aliphatic carboxylic acids is 1. The zero-order valence-corrected chi connectivity index (χ0v) is 13.4. The molecule has 21 heavy (non-hydrogen) atoms. The molecule has 5 heteroatoms. The Balaban J connectivity index is 2.10. The van der Waals surface area contributed by atoms with Crippen LogP contribution in [0.2, 0.25) is 0 Å². The summed E-state index contributed by atoms with van der Waals surface area (Å²) >= 11 is 0. The lowest BCUT2D eigenvalue weighted by Gasteiger charge is -2.24. The van der Waals surface area contributed by atoms with E-state index in [1.54, 1.807) is 0 Å². The summed E-state index contributed by atoms with van der Waals surface area (Å²) < 4.78 is 0. The predicted molar refractivity (Wildman–Crippen MR) is 83.1 cm³/mol. The van der Waals surface area contributed by atoms with Gasteiger partial charge in [-0.25, -0.2) is 0 Å². The Morgan fingerprint density at radius 3 is 2.48 bits per heavy atom. The van der Waals surface area contributed by atoms with Gasteiger partial charge in [0, 0.05) is 19.4 Å². The Bertz CT molecular complexity index is 336. The number of amides is 1. The highest BCUT2D eigenvalue weighted by Gasteiger charge is 2.19. The monoisotopic (exact) mass is 298 g/mol. The van der Waals surface area contributed by atoms with Gasteiger partial charge in [-0.2, -0.15) is 0 Å². The van der Waals surface area contributed by atoms with Crippen molar-refractivity contribution in [3.63, 3.8) is 0 Å². The highest BCUT2D eigenvalue weighted by Crippen LogP contribution is 2.26. The fraction of sp³-hybridized carbons (Fsp3) is 0.875. The third-order valence-corrected chi connectivity index (χ3v) is 4.38. The minimum absolute atomic E-state index is 0.0410. The van der Waals surface area contributed by atoms with Crippen LogP contribution in [0.15, 0.2) is 0 Å². The van der Waals surface area contributed by atoms with E-state index in [1.165, 1.54) is 12.8 Å². The van der Waals surface area contributed by atoms with Crippen LogP contribution in [0.1, 0.15) is 58.8 Å². The van der Waals surface area contributed by atoms with Crippen molar-refractivity contribution in [3.8, 4) is 0 Å². The number of rotatable bonds is 9. The largest absolute Gasteiger partial charge is 0.481 e. The van der Waals surface area contributed by atoms with Crippen LogP contribution in [-0.4, -0.2) is 36.6 Å². The van der Waals surface area contributed by atoms with E-state index in [2.05, 4.69) is 24.5 Å². The summed E-state index contributed by atoms with van der Waals surface area (Å²) in [5, 5.41) is 15.0. The van der Waals surface area contributed by atoms with Crippen LogP contribution < -0.4 is 10.6 Å². The second-order valence-electron chi connectivity index (χ2n) is 6.89. The number of carboxylic acid groups (broad SMARTS) is 1. The molecule has 0 atom stereocenters. The van der Waals surface area contributed by atoms with Crippen LogP contribution >= 0.6 is 0 Å². The molecule has 0 spiro atoms. The average molecular weight is 298 g/mol. The number of carbonyl (C=O) groups excluding carboxylic acids is 1. The second kappa shape index (κ2) is 9.03. The van der Waals surface area contributed by atoms with Crippen LogP contribution in [0.25, 0.3) is 0 Å². The summed E-state index contributed by atoms with van der Waals surface area (Å²) in [6, 6.07) is 0. The zero-order chi connectivity index (χ0) is 15.7. The second-order valence-corrected chi connectivity index (χ2v) is 6.89. The van der Waals surface area contributed by atoms with E-state index in [4.69, 9.17) is 5.11 Å². The molecule has 3 N–H and O–H groups in total. The maximum atomic E-state index is 11.8. The molecular formula is C16H30N2O3. The first-order chi connectivity index (χ1) is 9.89. The number of hydrogen-bond acceptors (Lipinski definition) is 3. The molecule has 122 valence electrons. The summed E-state index contributed by atoms with van der Waals surface area (Å²) in [5.41, 5.74) is -0.0410. The molecule has 1 aliphatic rings. The van der Waals surface area contributed by atoms with Gasteiger partial charge in [-0.3, -0.25) is 9.59 Å². The smallest absolute Gasteiger partial charge is 0.303 e. The van der Waals surface area contributed by atoms with Gasteiger partial charge in [0.05, 0.1) is 0 Å². The van der Waals surface area contributed by atoms with Crippen LogP contribution in [-0.2, 0) is 9.59 Å². The molecule has 1 aliphatic heterocycles. The molecule has 1 heterocycles. The van der Waals surface area contributed by atoms with Gasteiger partial charge in [0.2, 0.25) is 5.91 Å². The summed E-state index contributed by atoms with van der Waals surface area (Å²) in [6.07, 6.45) is 5.60. The lowest BCUT2D eigenvalue weighted by atomic mass is 9.84. The van der Waals surface area contributed by atoms with Crippen molar-refractivity contribution in [2.75, 3.05) is 19.6 Å². The van der Waals surface area contributed by atoms with Gasteiger partial charge in [-0.05, 0) is 56.5 Å². The number of nitrogens with one attached hydrogen (secondary N) is 2. The third-order valence-electron chi connectivity index (χ3n) is 4.38. The molecule has 1 fully saturated rings. The SMILES string of the molecule is CC(C)(CCNC(=O)CCC1CCNCC1)CCC(=O)O. The van der Waals surface area contributed by atoms with Crippen LogP contribution in [0.4, 0.5) is 0 Å². The highest BCUT2D eigenvalue weighted by molar-refractivity contribution is 5.75. The zero-order valence-electron chi connectivity index (χ0n) is 13.4. The van der Waals surface area contributed by atoms with Crippen LogP contribution in [0.5, 0.6) is 0 Å². The quantitative estimate of drug-likeness (QED) is 0.609. The molecule has 0 aliphatic carbocycles. The molecule has 0 aromatic carbocycles. The molecule has 0 aromatic heterocycles. The topological polar surface area (TPSA) is 78.4 Å². The molecule has 1 saturated heterocycles. The molecule has 5 nitrogen and oxygen atoms in total. The first-order valence-electron chi connectivity index (χ1n) is 8.08. The number of carbonyl (C=O) groups is 2. The third kappa shape index (κ3) is 8.71. The number of hydrogen-bond donors (Lipinski definition) is 3. The molecule has 1 amide bonds. The molecule has 1 rings (SSSR count). The minimum atomic E-state index is -0.755. The fourth-order valence-electron chi connectivity index (χ4n) is 2.70. The molecule has 0 radical (unpaired) electrons. The maximum absolute atomic E-state index is 11.8. The Kier molecular flexibility index (Phi) is 7.72. The molecule has 0 unspecified atom stereocenters. The van der Waals surface area contributed by atoms with E-state index >= 15 is 0 Å². The van der Waals surface area contributed by atoms with Gasteiger partial charge in [-0.1, -0.05) is 13.8 Å². The van der Waals surface area contributed by atoms with E-state index in [9.17, 15) is 9.59 Å². The van der Waals surface area contributed by atoms with E-state index in [1.807, 2.05) is 0 Å². The van der Waals surface area contributed by atoms with E-state index in [0.717, 1.165) is 25.9 Å². The van der Waals surface area contributed by atoms with Crippen molar-refractivity contribution in [2.45, 2.75) is 58.8 Å². The lowest BCUT2D eigenvalue weighted by molar-refractivity contribution is -0.137. The highest BCUT2D eigenvalue weighted by atomic mass is 16.4. The lowest BCUT2D eigenvalue weighted by Crippen LogP contribution is -2.30. The van der Waals surface area contributed by atoms with Gasteiger partial charge in [-0.15, -0.1) is 0 Å².